The number of methoxy groups -OCH3 is 1. The molecule has 0 bridgehead atoms. The van der Waals surface area contributed by atoms with Crippen molar-refractivity contribution in [3.05, 3.63) is 59.3 Å². The van der Waals surface area contributed by atoms with Crippen LogP contribution in [0.3, 0.4) is 0 Å². The van der Waals surface area contributed by atoms with Gasteiger partial charge in [-0.1, -0.05) is 29.5 Å². The van der Waals surface area contributed by atoms with Crippen molar-refractivity contribution >= 4 is 33.3 Å². The number of benzene rings is 2. The number of thiazole rings is 1. The normalized spacial score (nSPS) is 15.6. The van der Waals surface area contributed by atoms with Crippen LogP contribution >= 0.6 is 11.3 Å². The van der Waals surface area contributed by atoms with Crippen LogP contribution in [0.2, 0.25) is 0 Å². The number of ether oxygens (including phenoxy) is 2. The molecule has 2 aromatic carbocycles. The van der Waals surface area contributed by atoms with E-state index in [2.05, 4.69) is 5.32 Å². The van der Waals surface area contributed by atoms with Gasteiger partial charge in [0.05, 0.1) is 29.6 Å². The highest BCUT2D eigenvalue weighted by Crippen LogP contribution is 2.43. The van der Waals surface area contributed by atoms with Crippen molar-refractivity contribution in [1.82, 2.24) is 14.8 Å². The van der Waals surface area contributed by atoms with Gasteiger partial charge in [0.25, 0.3) is 0 Å². The van der Waals surface area contributed by atoms with Crippen molar-refractivity contribution in [2.45, 2.75) is 26.2 Å². The molecule has 8 heteroatoms. The molecule has 0 spiro atoms. The highest BCUT2D eigenvalue weighted by Gasteiger charge is 2.34. The third-order valence-electron chi connectivity index (χ3n) is 5.46. The van der Waals surface area contributed by atoms with Gasteiger partial charge in [0.2, 0.25) is 11.0 Å². The maximum Gasteiger partial charge on any atom is 0.226 e. The van der Waals surface area contributed by atoms with Gasteiger partial charge in [-0.3, -0.25) is 4.79 Å². The smallest absolute Gasteiger partial charge is 0.226 e. The van der Waals surface area contributed by atoms with Crippen LogP contribution < -0.4 is 14.8 Å². The fourth-order valence-corrected chi connectivity index (χ4v) is 5.10. The SMILES string of the molecule is CCOc1ccc2nc(-n3nc(C)c4c3NC(=O)C[C@@H]4c3ccccc3OC)sc2c1. The Bertz CT molecular complexity index is 1290. The molecule has 1 atom stereocenters. The molecule has 5 rings (SSSR count). The lowest BCUT2D eigenvalue weighted by Crippen LogP contribution is -2.25. The molecule has 0 saturated carbocycles. The van der Waals surface area contributed by atoms with Gasteiger partial charge in [0.1, 0.15) is 17.3 Å². The standard InChI is InChI=1S/C23H22N4O3S/c1-4-30-14-9-10-17-19(11-14)31-23(24-17)27-22-21(13(2)26-27)16(12-20(28)25-22)15-7-5-6-8-18(15)29-3/h5-11,16H,4,12H2,1-3H3,(H,25,28)/t16-/m1/s1. The van der Waals surface area contributed by atoms with E-state index in [1.807, 2.05) is 56.3 Å². The maximum atomic E-state index is 12.7. The number of carbonyl (C=O) groups is 1. The van der Waals surface area contributed by atoms with Crippen LogP contribution in [-0.2, 0) is 4.79 Å². The predicted octanol–water partition coefficient (Wildman–Crippen LogP) is 4.67. The van der Waals surface area contributed by atoms with Gasteiger partial charge < -0.3 is 14.8 Å². The topological polar surface area (TPSA) is 78.3 Å². The molecule has 3 heterocycles. The van der Waals surface area contributed by atoms with Crippen LogP contribution in [0.25, 0.3) is 15.3 Å². The number of aryl methyl sites for hydroxylation is 1. The van der Waals surface area contributed by atoms with Crippen LogP contribution in [0.15, 0.2) is 42.5 Å². The lowest BCUT2D eigenvalue weighted by atomic mass is 9.85. The van der Waals surface area contributed by atoms with Crippen LogP contribution in [-0.4, -0.2) is 34.4 Å². The molecule has 1 aliphatic rings. The first kappa shape index (κ1) is 19.6. The second kappa shape index (κ2) is 7.70. The number of carbonyl (C=O) groups excluding carboxylic acids is 1. The third kappa shape index (κ3) is 3.33. The van der Waals surface area contributed by atoms with Gasteiger partial charge in [-0.25, -0.2) is 4.98 Å². The largest absolute Gasteiger partial charge is 0.496 e. The zero-order chi connectivity index (χ0) is 21.5. The molecular weight excluding hydrogens is 412 g/mol. The lowest BCUT2D eigenvalue weighted by molar-refractivity contribution is -0.116. The summed E-state index contributed by atoms with van der Waals surface area (Å²) in [6.07, 6.45) is 0.345. The first-order chi connectivity index (χ1) is 15.1. The van der Waals surface area contributed by atoms with Gasteiger partial charge in [-0.15, -0.1) is 0 Å². The van der Waals surface area contributed by atoms with E-state index in [9.17, 15) is 4.79 Å². The molecule has 1 N–H and O–H groups in total. The Morgan fingerprint density at radius 1 is 1.26 bits per heavy atom. The summed E-state index contributed by atoms with van der Waals surface area (Å²) in [7, 11) is 1.65. The van der Waals surface area contributed by atoms with Gasteiger partial charge in [0.15, 0.2) is 0 Å². The molecule has 1 amide bonds. The van der Waals surface area contributed by atoms with Gasteiger partial charge in [0, 0.05) is 23.5 Å². The van der Waals surface area contributed by atoms with E-state index in [-0.39, 0.29) is 11.8 Å². The minimum atomic E-state index is -0.132. The van der Waals surface area contributed by atoms with Crippen LogP contribution in [0, 0.1) is 6.92 Å². The number of para-hydroxylation sites is 1. The molecule has 31 heavy (non-hydrogen) atoms. The molecule has 0 fully saturated rings. The van der Waals surface area contributed by atoms with E-state index >= 15 is 0 Å². The van der Waals surface area contributed by atoms with Crippen molar-refractivity contribution in [3.8, 4) is 16.6 Å². The van der Waals surface area contributed by atoms with Crippen molar-refractivity contribution in [2.24, 2.45) is 0 Å². The predicted molar refractivity (Wildman–Crippen MR) is 121 cm³/mol. The number of nitrogens with zero attached hydrogens (tertiary/aromatic N) is 3. The van der Waals surface area contributed by atoms with Crippen LogP contribution in [0.1, 0.15) is 36.1 Å². The summed E-state index contributed by atoms with van der Waals surface area (Å²) in [5, 5.41) is 8.49. The Labute approximate surface area is 183 Å². The van der Waals surface area contributed by atoms with Crippen molar-refractivity contribution in [2.75, 3.05) is 19.0 Å². The molecule has 2 aromatic heterocycles. The number of anilines is 1. The minimum absolute atomic E-state index is 0.0516. The second-order valence-electron chi connectivity index (χ2n) is 7.37. The summed E-state index contributed by atoms with van der Waals surface area (Å²) >= 11 is 1.52. The van der Waals surface area contributed by atoms with E-state index in [0.29, 0.717) is 24.0 Å². The van der Waals surface area contributed by atoms with Crippen LogP contribution in [0.5, 0.6) is 11.5 Å². The van der Waals surface area contributed by atoms with E-state index in [1.54, 1.807) is 11.8 Å². The summed E-state index contributed by atoms with van der Waals surface area (Å²) < 4.78 is 13.9. The summed E-state index contributed by atoms with van der Waals surface area (Å²) in [5.74, 6) is 2.07. The Balaban J connectivity index is 1.63. The van der Waals surface area contributed by atoms with Crippen molar-refractivity contribution < 1.29 is 14.3 Å². The minimum Gasteiger partial charge on any atom is -0.496 e. The number of hydrogen-bond donors (Lipinski definition) is 1. The lowest BCUT2D eigenvalue weighted by Gasteiger charge is -2.25. The molecule has 7 nitrogen and oxygen atoms in total. The number of nitrogens with one attached hydrogen (secondary N) is 1. The van der Waals surface area contributed by atoms with Crippen LogP contribution in [0.4, 0.5) is 5.82 Å². The molecule has 0 aliphatic carbocycles. The molecule has 0 saturated heterocycles. The highest BCUT2D eigenvalue weighted by molar-refractivity contribution is 7.20. The van der Waals surface area contributed by atoms with E-state index in [0.717, 1.165) is 38.5 Å². The Morgan fingerprint density at radius 2 is 2.10 bits per heavy atom. The Kier molecular flexibility index (Phi) is 4.86. The molecule has 4 aromatic rings. The van der Waals surface area contributed by atoms with Gasteiger partial charge >= 0.3 is 0 Å². The van der Waals surface area contributed by atoms with Crippen molar-refractivity contribution in [1.29, 1.82) is 0 Å². The zero-order valence-electron chi connectivity index (χ0n) is 17.5. The zero-order valence-corrected chi connectivity index (χ0v) is 18.3. The quantitative estimate of drug-likeness (QED) is 0.494. The van der Waals surface area contributed by atoms with Gasteiger partial charge in [-0.05, 0) is 38.1 Å². The molecule has 1 aliphatic heterocycles. The Hall–Kier alpha value is -3.39. The Morgan fingerprint density at radius 3 is 2.90 bits per heavy atom. The highest BCUT2D eigenvalue weighted by atomic mass is 32.1. The fourth-order valence-electron chi connectivity index (χ4n) is 4.15. The third-order valence-corrected chi connectivity index (χ3v) is 6.45. The first-order valence-corrected chi connectivity index (χ1v) is 11.0. The average molecular weight is 435 g/mol. The maximum absolute atomic E-state index is 12.7. The number of fused-ring (bicyclic) bond motifs is 2. The summed E-state index contributed by atoms with van der Waals surface area (Å²) in [6, 6.07) is 13.7. The van der Waals surface area contributed by atoms with E-state index < -0.39 is 0 Å². The average Bonchev–Trinajstić information content (AvgIpc) is 3.34. The summed E-state index contributed by atoms with van der Waals surface area (Å²) in [4.78, 5) is 17.4. The number of hydrogen-bond acceptors (Lipinski definition) is 6. The van der Waals surface area contributed by atoms with Gasteiger partial charge in [-0.2, -0.15) is 9.78 Å². The molecule has 158 valence electrons. The molecule has 0 unspecified atom stereocenters. The van der Waals surface area contributed by atoms with E-state index in [4.69, 9.17) is 19.6 Å². The first-order valence-electron chi connectivity index (χ1n) is 10.1. The second-order valence-corrected chi connectivity index (χ2v) is 8.37. The monoisotopic (exact) mass is 434 g/mol. The number of aromatic nitrogens is 3. The number of amides is 1. The summed E-state index contributed by atoms with van der Waals surface area (Å²) in [6.45, 7) is 4.54. The molecular formula is C23H22N4O3S. The molecule has 0 radical (unpaired) electrons. The van der Waals surface area contributed by atoms with E-state index in [1.165, 1.54) is 11.3 Å². The summed E-state index contributed by atoms with van der Waals surface area (Å²) in [5.41, 5.74) is 3.71. The fraction of sp³-hybridized carbons (Fsp3) is 0.261. The van der Waals surface area contributed by atoms with Crippen molar-refractivity contribution in [3.63, 3.8) is 0 Å². The number of rotatable bonds is 5.